The Balaban J connectivity index is 1.83. The molecule has 0 aliphatic rings. The van der Waals surface area contributed by atoms with Crippen LogP contribution in [0, 0.1) is 10.1 Å². The average Bonchev–Trinajstić information content (AvgIpc) is 3.12. The quantitative estimate of drug-likeness (QED) is 0.299. The first-order valence-electron chi connectivity index (χ1n) is 7.76. The minimum Gasteiger partial charge on any atom is -0.465 e. The molecule has 0 saturated heterocycles. The number of methoxy groups -OCH3 is 1. The molecule has 136 valence electrons. The number of esters is 1. The van der Waals surface area contributed by atoms with E-state index in [0.717, 1.165) is 16.9 Å². The summed E-state index contributed by atoms with van der Waals surface area (Å²) in [5, 5.41) is 15.3. The first-order chi connectivity index (χ1) is 13.1. The summed E-state index contributed by atoms with van der Waals surface area (Å²) in [6.45, 7) is 0. The maximum Gasteiger partial charge on any atom is 0.350 e. The maximum atomic E-state index is 12.0. The molecule has 1 aromatic heterocycles. The highest BCUT2D eigenvalue weighted by Crippen LogP contribution is 2.31. The monoisotopic (exact) mass is 382 g/mol. The van der Waals surface area contributed by atoms with E-state index in [-0.39, 0.29) is 5.69 Å². The number of nitro benzene ring substituents is 1. The minimum atomic E-state index is -0.484. The molecule has 0 atom stereocenters. The number of hydrogen-bond donors (Lipinski definition) is 1. The Labute approximate surface area is 158 Å². The summed E-state index contributed by atoms with van der Waals surface area (Å²) < 4.78 is 4.82. The molecule has 0 radical (unpaired) electrons. The third-order valence-corrected chi connectivity index (χ3v) is 4.44. The van der Waals surface area contributed by atoms with Gasteiger partial charge in [-0.25, -0.2) is 9.78 Å². The number of anilines is 1. The molecule has 3 aromatic rings. The zero-order chi connectivity index (χ0) is 19.2. The lowest BCUT2D eigenvalue weighted by atomic mass is 10.1. The van der Waals surface area contributed by atoms with Crippen molar-refractivity contribution in [3.63, 3.8) is 0 Å². The molecule has 27 heavy (non-hydrogen) atoms. The Hall–Kier alpha value is -3.59. The molecule has 1 heterocycles. The lowest BCUT2D eigenvalue weighted by Crippen LogP contribution is -2.00. The van der Waals surface area contributed by atoms with Crippen LogP contribution in [0.5, 0.6) is 0 Å². The van der Waals surface area contributed by atoms with Crippen LogP contribution in [0.1, 0.15) is 15.2 Å². The molecular formula is C18H14N4O4S. The Morgan fingerprint density at radius 1 is 1.26 bits per heavy atom. The number of ether oxygens (including phenoxy) is 1. The van der Waals surface area contributed by atoms with Gasteiger partial charge in [0.05, 0.1) is 23.9 Å². The van der Waals surface area contributed by atoms with E-state index in [4.69, 9.17) is 4.74 Å². The number of nitrogens with zero attached hydrogens (tertiary/aromatic N) is 3. The van der Waals surface area contributed by atoms with E-state index in [1.807, 2.05) is 30.3 Å². The van der Waals surface area contributed by atoms with Gasteiger partial charge in [-0.1, -0.05) is 53.8 Å². The number of carbonyl (C=O) groups is 1. The third-order valence-electron chi connectivity index (χ3n) is 3.50. The van der Waals surface area contributed by atoms with E-state index in [9.17, 15) is 14.9 Å². The number of benzene rings is 2. The number of thiazole rings is 1. The number of non-ortho nitro benzene ring substituents is 1. The summed E-state index contributed by atoms with van der Waals surface area (Å²) in [6.07, 6.45) is 1.44. The van der Waals surface area contributed by atoms with Crippen molar-refractivity contribution in [1.29, 1.82) is 0 Å². The van der Waals surface area contributed by atoms with Crippen LogP contribution >= 0.6 is 11.3 Å². The molecule has 9 heteroatoms. The van der Waals surface area contributed by atoms with Gasteiger partial charge in [-0.05, 0) is 0 Å². The van der Waals surface area contributed by atoms with Crippen molar-refractivity contribution < 1.29 is 14.5 Å². The second kappa shape index (κ2) is 8.19. The topological polar surface area (TPSA) is 107 Å². The summed E-state index contributed by atoms with van der Waals surface area (Å²) in [6, 6.07) is 15.3. The van der Waals surface area contributed by atoms with Gasteiger partial charge in [-0.3, -0.25) is 15.5 Å². The van der Waals surface area contributed by atoms with Crippen LogP contribution in [-0.4, -0.2) is 29.2 Å². The van der Waals surface area contributed by atoms with Crippen molar-refractivity contribution in [2.45, 2.75) is 0 Å². The number of nitro groups is 1. The van der Waals surface area contributed by atoms with Crippen LogP contribution in [0.3, 0.4) is 0 Å². The fourth-order valence-electron chi connectivity index (χ4n) is 2.27. The summed E-state index contributed by atoms with van der Waals surface area (Å²) in [7, 11) is 1.31. The highest BCUT2D eigenvalue weighted by atomic mass is 32.1. The number of rotatable bonds is 6. The van der Waals surface area contributed by atoms with E-state index in [1.54, 1.807) is 12.1 Å². The van der Waals surface area contributed by atoms with E-state index in [0.29, 0.717) is 21.3 Å². The predicted molar refractivity (Wildman–Crippen MR) is 103 cm³/mol. The molecule has 0 saturated carbocycles. The molecule has 0 bridgehead atoms. The lowest BCUT2D eigenvalue weighted by molar-refractivity contribution is -0.384. The average molecular weight is 382 g/mol. The number of hydrazone groups is 1. The predicted octanol–water partition coefficient (Wildman–Crippen LogP) is 3.95. The highest BCUT2D eigenvalue weighted by molar-refractivity contribution is 7.17. The molecule has 0 unspecified atom stereocenters. The van der Waals surface area contributed by atoms with Crippen LogP contribution in [0.2, 0.25) is 0 Å². The normalized spacial score (nSPS) is 10.7. The third kappa shape index (κ3) is 4.33. The Morgan fingerprint density at radius 3 is 2.74 bits per heavy atom. The smallest absolute Gasteiger partial charge is 0.350 e. The van der Waals surface area contributed by atoms with Crippen LogP contribution in [0.15, 0.2) is 59.7 Å². The molecule has 0 amide bonds. The Bertz CT molecular complexity index is 1000. The van der Waals surface area contributed by atoms with E-state index in [1.165, 1.54) is 25.5 Å². The van der Waals surface area contributed by atoms with Gasteiger partial charge in [-0.2, -0.15) is 5.10 Å². The maximum absolute atomic E-state index is 12.0. The Morgan fingerprint density at radius 2 is 2.04 bits per heavy atom. The van der Waals surface area contributed by atoms with Gasteiger partial charge >= 0.3 is 5.97 Å². The zero-order valence-electron chi connectivity index (χ0n) is 14.2. The number of carbonyl (C=O) groups excluding carboxylic acids is 1. The standard InChI is InChI=1S/C18H14N4O4S/c1-26-17(23)16-15(13-7-3-2-4-8-13)20-18(27-16)21-19-11-12-6-5-9-14(10-12)22(24)25/h2-11H,1H3,(H,20,21)/b19-11-. The van der Waals surface area contributed by atoms with Crippen molar-refractivity contribution in [2.75, 3.05) is 12.5 Å². The van der Waals surface area contributed by atoms with Crippen molar-refractivity contribution >= 4 is 34.3 Å². The largest absolute Gasteiger partial charge is 0.465 e. The summed E-state index contributed by atoms with van der Waals surface area (Å²) in [4.78, 5) is 27.1. The minimum absolute atomic E-state index is 0.0208. The van der Waals surface area contributed by atoms with Crippen molar-refractivity contribution in [2.24, 2.45) is 5.10 Å². The second-order valence-electron chi connectivity index (χ2n) is 5.28. The van der Waals surface area contributed by atoms with Crippen LogP contribution < -0.4 is 5.43 Å². The number of nitrogens with one attached hydrogen (secondary N) is 1. The van der Waals surface area contributed by atoms with Crippen LogP contribution in [0.25, 0.3) is 11.3 Å². The lowest BCUT2D eigenvalue weighted by Gasteiger charge is -1.99. The molecule has 8 nitrogen and oxygen atoms in total. The number of hydrogen-bond acceptors (Lipinski definition) is 8. The molecule has 0 fully saturated rings. The van der Waals surface area contributed by atoms with Gasteiger partial charge in [0.2, 0.25) is 5.13 Å². The second-order valence-corrected chi connectivity index (χ2v) is 6.28. The van der Waals surface area contributed by atoms with E-state index >= 15 is 0 Å². The van der Waals surface area contributed by atoms with Gasteiger partial charge < -0.3 is 4.74 Å². The van der Waals surface area contributed by atoms with Crippen LogP contribution in [0.4, 0.5) is 10.8 Å². The molecule has 1 N–H and O–H groups in total. The van der Waals surface area contributed by atoms with Crippen molar-refractivity contribution in [3.05, 3.63) is 75.2 Å². The molecule has 0 spiro atoms. The number of aromatic nitrogens is 1. The summed E-state index contributed by atoms with van der Waals surface area (Å²) in [5.74, 6) is -0.484. The SMILES string of the molecule is COC(=O)c1sc(N/N=C\c2cccc([N+](=O)[O-])c2)nc1-c1ccccc1. The molecule has 0 aliphatic heterocycles. The Kier molecular flexibility index (Phi) is 5.53. The van der Waals surface area contributed by atoms with Crippen molar-refractivity contribution in [3.8, 4) is 11.3 Å². The first kappa shape index (κ1) is 18.2. The first-order valence-corrected chi connectivity index (χ1v) is 8.58. The highest BCUT2D eigenvalue weighted by Gasteiger charge is 2.19. The van der Waals surface area contributed by atoms with E-state index < -0.39 is 10.9 Å². The molecule has 2 aromatic carbocycles. The van der Waals surface area contributed by atoms with Gasteiger partial charge in [-0.15, -0.1) is 0 Å². The molecule has 0 aliphatic carbocycles. The van der Waals surface area contributed by atoms with Gasteiger partial charge in [0.1, 0.15) is 4.88 Å². The molecular weight excluding hydrogens is 368 g/mol. The van der Waals surface area contributed by atoms with Gasteiger partial charge in [0, 0.05) is 23.3 Å². The molecule has 3 rings (SSSR count). The fourth-order valence-corrected chi connectivity index (χ4v) is 3.13. The summed E-state index contributed by atoms with van der Waals surface area (Å²) >= 11 is 1.11. The van der Waals surface area contributed by atoms with Crippen molar-refractivity contribution in [1.82, 2.24) is 4.98 Å². The van der Waals surface area contributed by atoms with E-state index in [2.05, 4.69) is 15.5 Å². The zero-order valence-corrected chi connectivity index (χ0v) is 15.0. The van der Waals surface area contributed by atoms with Gasteiger partial charge in [0.15, 0.2) is 0 Å². The van der Waals surface area contributed by atoms with Crippen LogP contribution in [-0.2, 0) is 4.74 Å². The summed E-state index contributed by atoms with van der Waals surface area (Å²) in [5.41, 5.74) is 4.57. The van der Waals surface area contributed by atoms with Gasteiger partial charge in [0.25, 0.3) is 5.69 Å². The fraction of sp³-hybridized carbons (Fsp3) is 0.0556.